The van der Waals surface area contributed by atoms with Gasteiger partial charge in [0.15, 0.2) is 11.6 Å². The van der Waals surface area contributed by atoms with Crippen LogP contribution in [0.3, 0.4) is 0 Å². The summed E-state index contributed by atoms with van der Waals surface area (Å²) in [6.07, 6.45) is 0.471. The van der Waals surface area contributed by atoms with Crippen LogP contribution in [-0.4, -0.2) is 28.9 Å². The lowest BCUT2D eigenvalue weighted by atomic mass is 10.1. The smallest absolute Gasteiger partial charge is 0.194 e. The molecular formula is C23H22ClNO3S2. The van der Waals surface area contributed by atoms with E-state index in [1.807, 2.05) is 31.4 Å². The van der Waals surface area contributed by atoms with Crippen LogP contribution in [0.5, 0.6) is 5.75 Å². The van der Waals surface area contributed by atoms with Crippen molar-refractivity contribution in [3.05, 3.63) is 62.1 Å². The minimum Gasteiger partial charge on any atom is -0.506 e. The van der Waals surface area contributed by atoms with Crippen molar-refractivity contribution >= 4 is 51.6 Å². The molecule has 2 aromatic heterocycles. The third kappa shape index (κ3) is 5.25. The van der Waals surface area contributed by atoms with E-state index in [0.29, 0.717) is 32.5 Å². The summed E-state index contributed by atoms with van der Waals surface area (Å²) in [5.74, 6) is 0.345. The van der Waals surface area contributed by atoms with Crippen LogP contribution in [0.4, 0.5) is 0 Å². The summed E-state index contributed by atoms with van der Waals surface area (Å²) in [5.41, 5.74) is 2.07. The van der Waals surface area contributed by atoms with Gasteiger partial charge >= 0.3 is 0 Å². The minimum atomic E-state index is -0.143. The zero-order valence-electron chi connectivity index (χ0n) is 16.9. The second kappa shape index (κ2) is 9.69. The molecular weight excluding hydrogens is 438 g/mol. The van der Waals surface area contributed by atoms with Gasteiger partial charge in [-0.3, -0.25) is 14.6 Å². The van der Waals surface area contributed by atoms with E-state index in [4.69, 9.17) is 11.6 Å². The van der Waals surface area contributed by atoms with Crippen LogP contribution in [0.2, 0.25) is 5.02 Å². The van der Waals surface area contributed by atoms with Crippen LogP contribution in [0.15, 0.2) is 46.8 Å². The maximum absolute atomic E-state index is 12.5. The molecule has 0 amide bonds. The molecule has 2 heterocycles. The molecule has 0 unspecified atom stereocenters. The van der Waals surface area contributed by atoms with E-state index < -0.39 is 0 Å². The van der Waals surface area contributed by atoms with Gasteiger partial charge in [-0.15, -0.1) is 22.7 Å². The van der Waals surface area contributed by atoms with Gasteiger partial charge in [-0.25, -0.2) is 0 Å². The molecule has 7 heteroatoms. The number of halogens is 1. The van der Waals surface area contributed by atoms with E-state index in [1.165, 1.54) is 22.7 Å². The molecule has 0 aliphatic heterocycles. The van der Waals surface area contributed by atoms with Crippen molar-refractivity contribution < 1.29 is 14.7 Å². The third-order valence-electron chi connectivity index (χ3n) is 4.47. The SMILES string of the molecule is CC(=NCC(=O)c1ccc(C(=O)CC(C)C)s1)c1csc(-c2ccc(Cl)cc2)c1O. The average molecular weight is 460 g/mol. The van der Waals surface area contributed by atoms with Crippen LogP contribution in [-0.2, 0) is 0 Å². The predicted octanol–water partition coefficient (Wildman–Crippen LogP) is 6.76. The van der Waals surface area contributed by atoms with E-state index in [2.05, 4.69) is 4.99 Å². The van der Waals surface area contributed by atoms with Crippen molar-refractivity contribution in [2.24, 2.45) is 10.9 Å². The normalized spacial score (nSPS) is 11.8. The molecule has 0 bridgehead atoms. The van der Waals surface area contributed by atoms with Crippen molar-refractivity contribution in [3.63, 3.8) is 0 Å². The highest BCUT2D eigenvalue weighted by atomic mass is 35.5. The van der Waals surface area contributed by atoms with E-state index in [1.54, 1.807) is 31.2 Å². The average Bonchev–Trinajstić information content (AvgIpc) is 3.33. The summed E-state index contributed by atoms with van der Waals surface area (Å²) in [4.78, 5) is 30.9. The number of hydrogen-bond donors (Lipinski definition) is 1. The fourth-order valence-electron chi connectivity index (χ4n) is 2.88. The molecule has 3 rings (SSSR count). The quantitative estimate of drug-likeness (QED) is 0.299. The number of nitrogens with zero attached hydrogens (tertiary/aromatic N) is 1. The van der Waals surface area contributed by atoms with Gasteiger partial charge in [0, 0.05) is 28.1 Å². The number of Topliss-reactive ketones (excluding diaryl/α,β-unsaturated/α-hetero) is 2. The number of aliphatic imine (C=N–C) groups is 1. The first-order valence-corrected chi connectivity index (χ1v) is 11.6. The van der Waals surface area contributed by atoms with Gasteiger partial charge in [-0.2, -0.15) is 0 Å². The maximum atomic E-state index is 12.5. The van der Waals surface area contributed by atoms with E-state index in [0.717, 1.165) is 10.4 Å². The fourth-order valence-corrected chi connectivity index (χ4v) is 4.90. The number of carbonyl (C=O) groups excluding carboxylic acids is 2. The summed E-state index contributed by atoms with van der Waals surface area (Å²) in [5, 5.41) is 13.1. The highest BCUT2D eigenvalue weighted by Gasteiger charge is 2.17. The Labute approximate surface area is 188 Å². The number of hydrogen-bond acceptors (Lipinski definition) is 6. The van der Waals surface area contributed by atoms with Crippen molar-refractivity contribution in [2.75, 3.05) is 6.54 Å². The minimum absolute atomic E-state index is 0.0320. The van der Waals surface area contributed by atoms with Crippen LogP contribution < -0.4 is 0 Å². The Hall–Kier alpha value is -2.28. The number of rotatable bonds is 8. The highest BCUT2D eigenvalue weighted by Crippen LogP contribution is 2.39. The molecule has 1 aromatic carbocycles. The summed E-state index contributed by atoms with van der Waals surface area (Å²) >= 11 is 8.56. The van der Waals surface area contributed by atoms with Gasteiger partial charge in [0.1, 0.15) is 12.3 Å². The number of aromatic hydroxyl groups is 1. The zero-order chi connectivity index (χ0) is 21.8. The second-order valence-corrected chi connectivity index (χ2v) is 9.74. The van der Waals surface area contributed by atoms with Crippen molar-refractivity contribution in [2.45, 2.75) is 27.2 Å². The fraction of sp³-hybridized carbons (Fsp3) is 0.261. The Kier molecular flexibility index (Phi) is 7.23. The Balaban J connectivity index is 1.71. The molecule has 0 saturated carbocycles. The summed E-state index contributed by atoms with van der Waals surface area (Å²) in [7, 11) is 0. The van der Waals surface area contributed by atoms with Crippen LogP contribution in [0.25, 0.3) is 10.4 Å². The molecule has 0 radical (unpaired) electrons. The number of ketones is 2. The lowest BCUT2D eigenvalue weighted by Gasteiger charge is -2.02. The van der Waals surface area contributed by atoms with Gasteiger partial charge in [0.05, 0.1) is 14.6 Å². The number of benzene rings is 1. The Bertz CT molecular complexity index is 1090. The molecule has 0 aliphatic carbocycles. The van der Waals surface area contributed by atoms with Crippen LogP contribution in [0, 0.1) is 5.92 Å². The van der Waals surface area contributed by atoms with E-state index in [9.17, 15) is 14.7 Å². The molecule has 4 nitrogen and oxygen atoms in total. The molecule has 0 spiro atoms. The van der Waals surface area contributed by atoms with Crippen LogP contribution in [0.1, 0.15) is 52.1 Å². The molecule has 156 valence electrons. The molecule has 30 heavy (non-hydrogen) atoms. The first kappa shape index (κ1) is 22.4. The van der Waals surface area contributed by atoms with E-state index in [-0.39, 0.29) is 29.8 Å². The molecule has 1 N–H and O–H groups in total. The zero-order valence-corrected chi connectivity index (χ0v) is 19.3. The standard InChI is InChI=1S/C23H22ClNO3S2/c1-13(2)10-18(26)20-8-9-21(30-20)19(27)11-25-14(3)17-12-29-23(22(17)28)15-4-6-16(24)7-5-15/h4-9,12-13,28H,10-11H2,1-3H3. The maximum Gasteiger partial charge on any atom is 0.194 e. The Morgan fingerprint density at radius 1 is 1.07 bits per heavy atom. The first-order chi connectivity index (χ1) is 14.3. The highest BCUT2D eigenvalue weighted by molar-refractivity contribution is 7.16. The predicted molar refractivity (Wildman–Crippen MR) is 126 cm³/mol. The lowest BCUT2D eigenvalue weighted by molar-refractivity contribution is 0.0970. The molecule has 3 aromatic rings. The second-order valence-electron chi connectivity index (χ2n) is 7.34. The summed E-state index contributed by atoms with van der Waals surface area (Å²) in [6.45, 7) is 5.73. The van der Waals surface area contributed by atoms with Crippen molar-refractivity contribution in [1.82, 2.24) is 0 Å². The first-order valence-electron chi connectivity index (χ1n) is 9.50. The van der Waals surface area contributed by atoms with Gasteiger partial charge in [-0.1, -0.05) is 37.6 Å². The molecule has 0 fully saturated rings. The third-order valence-corrected chi connectivity index (χ3v) is 6.91. The summed E-state index contributed by atoms with van der Waals surface area (Å²) in [6, 6.07) is 10.6. The van der Waals surface area contributed by atoms with Gasteiger partial charge in [0.25, 0.3) is 0 Å². The number of thiophene rings is 2. The van der Waals surface area contributed by atoms with Gasteiger partial charge in [-0.05, 0) is 42.7 Å². The Morgan fingerprint density at radius 2 is 1.70 bits per heavy atom. The number of carbonyl (C=O) groups is 2. The van der Waals surface area contributed by atoms with Crippen LogP contribution >= 0.6 is 34.3 Å². The van der Waals surface area contributed by atoms with E-state index >= 15 is 0 Å². The largest absolute Gasteiger partial charge is 0.506 e. The topological polar surface area (TPSA) is 66.7 Å². The monoisotopic (exact) mass is 459 g/mol. The van der Waals surface area contributed by atoms with Gasteiger partial charge in [0.2, 0.25) is 0 Å². The Morgan fingerprint density at radius 3 is 2.33 bits per heavy atom. The molecule has 0 aliphatic rings. The lowest BCUT2D eigenvalue weighted by Crippen LogP contribution is -2.04. The van der Waals surface area contributed by atoms with Crippen molar-refractivity contribution in [3.8, 4) is 16.2 Å². The van der Waals surface area contributed by atoms with Crippen molar-refractivity contribution in [1.29, 1.82) is 0 Å². The molecule has 0 atom stereocenters. The van der Waals surface area contributed by atoms with Gasteiger partial charge < -0.3 is 5.11 Å². The molecule has 0 saturated heterocycles. The summed E-state index contributed by atoms with van der Waals surface area (Å²) < 4.78 is 0.